The molecule has 2 aromatic rings. The fourth-order valence-electron chi connectivity index (χ4n) is 1.27. The lowest BCUT2D eigenvalue weighted by molar-refractivity contribution is 0.398. The van der Waals surface area contributed by atoms with E-state index in [1.807, 2.05) is 6.20 Å². The summed E-state index contributed by atoms with van der Waals surface area (Å²) in [7, 11) is 1.57. The summed E-state index contributed by atoms with van der Waals surface area (Å²) in [6.45, 7) is 0.612. The maximum atomic E-state index is 5.78. The van der Waals surface area contributed by atoms with E-state index < -0.39 is 0 Å². The number of nitrogens with one attached hydrogen (secondary N) is 2. The molecule has 0 aliphatic carbocycles. The van der Waals surface area contributed by atoms with Gasteiger partial charge in [-0.25, -0.2) is 0 Å². The fraction of sp³-hybridized carbons (Fsp3) is 0.200. The van der Waals surface area contributed by atoms with Gasteiger partial charge in [0, 0.05) is 24.4 Å². The number of nitrogens with two attached hydrogens (primary N) is 1. The van der Waals surface area contributed by atoms with Crippen molar-refractivity contribution in [2.45, 2.75) is 6.54 Å². The summed E-state index contributed by atoms with van der Waals surface area (Å²) < 4.78 is 5.02. The van der Waals surface area contributed by atoms with Gasteiger partial charge in [-0.15, -0.1) is 0 Å². The highest BCUT2D eigenvalue weighted by molar-refractivity contribution is 5.61. The first-order chi connectivity index (χ1) is 7.79. The Balaban J connectivity index is 2.08. The molecule has 0 saturated heterocycles. The Morgan fingerprint density at radius 3 is 3.06 bits per heavy atom. The van der Waals surface area contributed by atoms with Crippen molar-refractivity contribution in [3.8, 4) is 5.88 Å². The molecule has 6 nitrogen and oxygen atoms in total. The smallest absolute Gasteiger partial charge is 0.215 e. The number of rotatable bonds is 4. The van der Waals surface area contributed by atoms with Crippen LogP contribution in [0.3, 0.4) is 0 Å². The van der Waals surface area contributed by atoms with E-state index in [-0.39, 0.29) is 0 Å². The molecule has 0 atom stereocenters. The van der Waals surface area contributed by atoms with Crippen LogP contribution < -0.4 is 15.8 Å². The lowest BCUT2D eigenvalue weighted by atomic mass is 10.3. The number of methoxy groups -OCH3 is 1. The number of nitrogen functional groups attached to an aromatic ring is 1. The van der Waals surface area contributed by atoms with Crippen LogP contribution in [0.15, 0.2) is 24.5 Å². The molecule has 0 aromatic carbocycles. The third kappa shape index (κ3) is 2.22. The first kappa shape index (κ1) is 10.3. The third-order valence-corrected chi connectivity index (χ3v) is 2.12. The van der Waals surface area contributed by atoms with Gasteiger partial charge in [0.15, 0.2) is 5.82 Å². The van der Waals surface area contributed by atoms with Gasteiger partial charge in [-0.3, -0.25) is 5.10 Å². The van der Waals surface area contributed by atoms with E-state index in [1.165, 1.54) is 0 Å². The van der Waals surface area contributed by atoms with Gasteiger partial charge in [0.05, 0.1) is 19.0 Å². The van der Waals surface area contributed by atoms with Crippen LogP contribution in [-0.2, 0) is 6.54 Å². The van der Waals surface area contributed by atoms with Crippen LogP contribution in [0.4, 0.5) is 11.5 Å². The SMILES string of the molecule is COc1ccc(N)c(NCc2cn[nH]c2)n1. The maximum absolute atomic E-state index is 5.78. The molecule has 16 heavy (non-hydrogen) atoms. The molecule has 6 heteroatoms. The Kier molecular flexibility index (Phi) is 2.90. The van der Waals surface area contributed by atoms with Crippen LogP contribution in [0.1, 0.15) is 5.56 Å². The molecular formula is C10H13N5O. The van der Waals surface area contributed by atoms with Crippen LogP contribution in [0.5, 0.6) is 5.88 Å². The zero-order valence-corrected chi connectivity index (χ0v) is 8.90. The van der Waals surface area contributed by atoms with Crippen molar-refractivity contribution in [1.29, 1.82) is 0 Å². The molecule has 0 aliphatic heterocycles. The largest absolute Gasteiger partial charge is 0.481 e. The average Bonchev–Trinajstić information content (AvgIpc) is 2.81. The molecule has 0 fully saturated rings. The van der Waals surface area contributed by atoms with Crippen molar-refractivity contribution in [1.82, 2.24) is 15.2 Å². The lowest BCUT2D eigenvalue weighted by Gasteiger charge is -2.08. The summed E-state index contributed by atoms with van der Waals surface area (Å²) in [6.07, 6.45) is 3.55. The highest BCUT2D eigenvalue weighted by Crippen LogP contribution is 2.19. The van der Waals surface area contributed by atoms with Crippen molar-refractivity contribution in [3.63, 3.8) is 0 Å². The lowest BCUT2D eigenvalue weighted by Crippen LogP contribution is -2.04. The van der Waals surface area contributed by atoms with Gasteiger partial charge in [-0.2, -0.15) is 10.1 Å². The van der Waals surface area contributed by atoms with E-state index in [0.29, 0.717) is 23.9 Å². The Hall–Kier alpha value is -2.24. The molecule has 0 unspecified atom stereocenters. The second-order valence-corrected chi connectivity index (χ2v) is 3.25. The van der Waals surface area contributed by atoms with E-state index in [4.69, 9.17) is 10.5 Å². The maximum Gasteiger partial charge on any atom is 0.215 e. The average molecular weight is 219 g/mol. The van der Waals surface area contributed by atoms with Crippen molar-refractivity contribution < 1.29 is 4.74 Å². The molecule has 2 aromatic heterocycles. The number of H-pyrrole nitrogens is 1. The first-order valence-electron chi connectivity index (χ1n) is 4.81. The molecule has 2 heterocycles. The molecular weight excluding hydrogens is 206 g/mol. The summed E-state index contributed by atoms with van der Waals surface area (Å²) in [5.41, 5.74) is 7.40. The molecule has 0 aliphatic rings. The van der Waals surface area contributed by atoms with E-state index in [9.17, 15) is 0 Å². The van der Waals surface area contributed by atoms with E-state index in [2.05, 4.69) is 20.5 Å². The topological polar surface area (TPSA) is 88.9 Å². The number of pyridine rings is 1. The van der Waals surface area contributed by atoms with E-state index in [1.54, 1.807) is 25.4 Å². The van der Waals surface area contributed by atoms with E-state index in [0.717, 1.165) is 5.56 Å². The minimum Gasteiger partial charge on any atom is -0.481 e. The number of aromatic nitrogens is 3. The van der Waals surface area contributed by atoms with Gasteiger partial charge in [0.2, 0.25) is 5.88 Å². The monoisotopic (exact) mass is 219 g/mol. The number of anilines is 2. The van der Waals surface area contributed by atoms with Crippen molar-refractivity contribution >= 4 is 11.5 Å². The predicted octanol–water partition coefficient (Wildman–Crippen LogP) is 1.01. The number of hydrogen-bond acceptors (Lipinski definition) is 5. The van der Waals surface area contributed by atoms with Crippen LogP contribution >= 0.6 is 0 Å². The van der Waals surface area contributed by atoms with Crippen LogP contribution in [-0.4, -0.2) is 22.3 Å². The minimum absolute atomic E-state index is 0.531. The van der Waals surface area contributed by atoms with Crippen molar-refractivity contribution in [2.24, 2.45) is 0 Å². The minimum atomic E-state index is 0.531. The normalized spacial score (nSPS) is 10.1. The van der Waals surface area contributed by atoms with Crippen LogP contribution in [0.25, 0.3) is 0 Å². The second kappa shape index (κ2) is 4.52. The number of aromatic amines is 1. The Morgan fingerprint density at radius 1 is 1.50 bits per heavy atom. The first-order valence-corrected chi connectivity index (χ1v) is 4.81. The number of nitrogens with zero attached hydrogens (tertiary/aromatic N) is 2. The number of ether oxygens (including phenoxy) is 1. The molecule has 0 spiro atoms. The van der Waals surface area contributed by atoms with Crippen molar-refractivity contribution in [3.05, 3.63) is 30.1 Å². The Morgan fingerprint density at radius 2 is 2.38 bits per heavy atom. The summed E-state index contributed by atoms with van der Waals surface area (Å²) >= 11 is 0. The quantitative estimate of drug-likeness (QED) is 0.714. The molecule has 0 amide bonds. The summed E-state index contributed by atoms with van der Waals surface area (Å²) in [6, 6.07) is 3.47. The Labute approximate surface area is 92.8 Å². The molecule has 0 bridgehead atoms. The number of hydrogen-bond donors (Lipinski definition) is 3. The van der Waals surface area contributed by atoms with E-state index >= 15 is 0 Å². The predicted molar refractivity (Wildman–Crippen MR) is 61.1 cm³/mol. The van der Waals surface area contributed by atoms with Crippen molar-refractivity contribution in [2.75, 3.05) is 18.2 Å². The second-order valence-electron chi connectivity index (χ2n) is 3.25. The summed E-state index contributed by atoms with van der Waals surface area (Å²) in [5.74, 6) is 1.14. The summed E-state index contributed by atoms with van der Waals surface area (Å²) in [5, 5.41) is 9.70. The van der Waals surface area contributed by atoms with Gasteiger partial charge in [0.25, 0.3) is 0 Å². The molecule has 2 rings (SSSR count). The highest BCUT2D eigenvalue weighted by Gasteiger charge is 2.03. The molecule has 0 saturated carbocycles. The highest BCUT2D eigenvalue weighted by atomic mass is 16.5. The van der Waals surface area contributed by atoms with Gasteiger partial charge >= 0.3 is 0 Å². The third-order valence-electron chi connectivity index (χ3n) is 2.12. The molecule has 4 N–H and O–H groups in total. The standard InChI is InChI=1S/C10H13N5O/c1-16-9-3-2-8(11)10(15-9)12-4-7-5-13-14-6-7/h2-3,5-6H,4,11H2,1H3,(H,12,15)(H,13,14). The summed E-state index contributed by atoms with van der Waals surface area (Å²) in [4.78, 5) is 4.20. The van der Waals surface area contributed by atoms with Gasteiger partial charge < -0.3 is 15.8 Å². The van der Waals surface area contributed by atoms with Gasteiger partial charge in [0.1, 0.15) is 0 Å². The zero-order valence-electron chi connectivity index (χ0n) is 8.90. The Bertz CT molecular complexity index is 454. The molecule has 84 valence electrons. The van der Waals surface area contributed by atoms with Gasteiger partial charge in [-0.1, -0.05) is 0 Å². The fourth-order valence-corrected chi connectivity index (χ4v) is 1.27. The molecule has 0 radical (unpaired) electrons. The zero-order chi connectivity index (χ0) is 11.4. The van der Waals surface area contributed by atoms with Crippen LogP contribution in [0, 0.1) is 0 Å². The van der Waals surface area contributed by atoms with Crippen LogP contribution in [0.2, 0.25) is 0 Å². The van der Waals surface area contributed by atoms with Gasteiger partial charge in [-0.05, 0) is 6.07 Å².